The number of amides is 1. The summed E-state index contributed by atoms with van der Waals surface area (Å²) >= 11 is 0. The van der Waals surface area contributed by atoms with Crippen molar-refractivity contribution in [2.75, 3.05) is 25.2 Å². The molecule has 2 N–H and O–H groups in total. The van der Waals surface area contributed by atoms with E-state index in [1.807, 2.05) is 0 Å². The first-order valence-corrected chi connectivity index (χ1v) is 5.89. The third-order valence-electron chi connectivity index (χ3n) is 3.15. The van der Waals surface area contributed by atoms with Crippen molar-refractivity contribution in [3.63, 3.8) is 0 Å². The number of carbonyl (C=O) groups is 2. The van der Waals surface area contributed by atoms with Gasteiger partial charge in [0.05, 0.1) is 18.4 Å². The number of ether oxygens (including phenoxy) is 1. The van der Waals surface area contributed by atoms with Gasteiger partial charge >= 0.3 is 5.97 Å². The summed E-state index contributed by atoms with van der Waals surface area (Å²) in [5, 5.41) is 18.9. The highest BCUT2D eigenvalue weighted by Crippen LogP contribution is 2.33. The van der Waals surface area contributed by atoms with Crippen LogP contribution in [0.15, 0.2) is 18.2 Å². The molecule has 1 aliphatic rings. The molecule has 0 saturated carbocycles. The molecule has 1 aromatic rings. The molecule has 0 spiro atoms. The average molecular weight is 265 g/mol. The third kappa shape index (κ3) is 2.53. The normalized spacial score (nSPS) is 18.7. The summed E-state index contributed by atoms with van der Waals surface area (Å²) in [6, 6.07) is 4.19. The van der Waals surface area contributed by atoms with Gasteiger partial charge in [-0.1, -0.05) is 0 Å². The van der Waals surface area contributed by atoms with Crippen LogP contribution < -0.4 is 4.90 Å². The Morgan fingerprint density at radius 3 is 2.84 bits per heavy atom. The molecule has 1 aromatic carbocycles. The number of aliphatic hydroxyl groups excluding tert-OH is 1. The molecule has 1 saturated heterocycles. The standard InChI is InChI=1S/C13H15NO5/c1-19-13(18)9-2-3-11(16)10(5-9)14-6-8(7-15)4-12(14)17/h2-3,5,8,15-16H,4,6-7H2,1H3. The minimum Gasteiger partial charge on any atom is -0.506 e. The van der Waals surface area contributed by atoms with Crippen molar-refractivity contribution < 1.29 is 24.5 Å². The second-order valence-electron chi connectivity index (χ2n) is 4.45. The molecule has 1 heterocycles. The first kappa shape index (κ1) is 13.4. The number of benzene rings is 1. The van der Waals surface area contributed by atoms with E-state index in [0.717, 1.165) is 0 Å². The molecule has 6 heteroatoms. The summed E-state index contributed by atoms with van der Waals surface area (Å²) < 4.78 is 4.60. The molecule has 0 radical (unpaired) electrons. The summed E-state index contributed by atoms with van der Waals surface area (Å²) in [4.78, 5) is 24.7. The van der Waals surface area contributed by atoms with Gasteiger partial charge in [0.2, 0.25) is 5.91 Å². The highest BCUT2D eigenvalue weighted by atomic mass is 16.5. The van der Waals surface area contributed by atoms with E-state index in [-0.39, 0.29) is 41.9 Å². The quantitative estimate of drug-likeness (QED) is 0.778. The SMILES string of the molecule is COC(=O)c1ccc(O)c(N2CC(CO)CC2=O)c1. The number of hydrogen-bond donors (Lipinski definition) is 2. The van der Waals surface area contributed by atoms with E-state index >= 15 is 0 Å². The highest BCUT2D eigenvalue weighted by Gasteiger charge is 2.31. The fraction of sp³-hybridized carbons (Fsp3) is 0.385. The molecule has 1 aliphatic heterocycles. The van der Waals surface area contributed by atoms with E-state index in [1.165, 1.54) is 30.2 Å². The van der Waals surface area contributed by atoms with E-state index in [2.05, 4.69) is 4.74 Å². The molecule has 0 bridgehead atoms. The largest absolute Gasteiger partial charge is 0.506 e. The van der Waals surface area contributed by atoms with Crippen molar-refractivity contribution >= 4 is 17.6 Å². The number of phenols is 1. The van der Waals surface area contributed by atoms with E-state index < -0.39 is 5.97 Å². The van der Waals surface area contributed by atoms with Crippen LogP contribution in [0.4, 0.5) is 5.69 Å². The summed E-state index contributed by atoms with van der Waals surface area (Å²) in [5.41, 5.74) is 0.527. The van der Waals surface area contributed by atoms with Gasteiger partial charge in [-0.05, 0) is 18.2 Å². The van der Waals surface area contributed by atoms with Gasteiger partial charge in [-0.3, -0.25) is 4.79 Å². The van der Waals surface area contributed by atoms with Crippen LogP contribution in [0.2, 0.25) is 0 Å². The number of hydrogen-bond acceptors (Lipinski definition) is 5. The average Bonchev–Trinajstić information content (AvgIpc) is 2.79. The molecule has 1 amide bonds. The summed E-state index contributed by atoms with van der Waals surface area (Å²) in [7, 11) is 1.26. The van der Waals surface area contributed by atoms with Gasteiger partial charge in [-0.15, -0.1) is 0 Å². The van der Waals surface area contributed by atoms with Gasteiger partial charge in [-0.2, -0.15) is 0 Å². The van der Waals surface area contributed by atoms with E-state index in [0.29, 0.717) is 6.54 Å². The second kappa shape index (κ2) is 5.27. The third-order valence-corrected chi connectivity index (χ3v) is 3.15. The molecule has 19 heavy (non-hydrogen) atoms. The monoisotopic (exact) mass is 265 g/mol. The van der Waals surface area contributed by atoms with Gasteiger partial charge in [0.25, 0.3) is 0 Å². The number of anilines is 1. The zero-order valence-electron chi connectivity index (χ0n) is 10.5. The van der Waals surface area contributed by atoms with Gasteiger partial charge in [0.1, 0.15) is 5.75 Å². The number of esters is 1. The van der Waals surface area contributed by atoms with Crippen LogP contribution >= 0.6 is 0 Å². The second-order valence-corrected chi connectivity index (χ2v) is 4.45. The molecule has 2 rings (SSSR count). The first-order valence-electron chi connectivity index (χ1n) is 5.89. The van der Waals surface area contributed by atoms with Crippen molar-refractivity contribution in [3.8, 4) is 5.75 Å². The maximum atomic E-state index is 11.8. The predicted octanol–water partition coefficient (Wildman–Crippen LogP) is 0.524. The lowest BCUT2D eigenvalue weighted by atomic mass is 10.1. The summed E-state index contributed by atoms with van der Waals surface area (Å²) in [6.07, 6.45) is 0.235. The number of rotatable bonds is 3. The smallest absolute Gasteiger partial charge is 0.337 e. The van der Waals surface area contributed by atoms with Crippen molar-refractivity contribution in [3.05, 3.63) is 23.8 Å². The van der Waals surface area contributed by atoms with Gasteiger partial charge < -0.3 is 19.8 Å². The van der Waals surface area contributed by atoms with E-state index in [9.17, 15) is 14.7 Å². The Morgan fingerprint density at radius 1 is 1.53 bits per heavy atom. The molecule has 102 valence electrons. The Bertz CT molecular complexity index is 514. The van der Waals surface area contributed by atoms with Crippen LogP contribution in [0, 0.1) is 5.92 Å². The van der Waals surface area contributed by atoms with E-state index in [1.54, 1.807) is 0 Å². The Morgan fingerprint density at radius 2 is 2.26 bits per heavy atom. The number of carbonyl (C=O) groups excluding carboxylic acids is 2. The maximum Gasteiger partial charge on any atom is 0.337 e. The zero-order chi connectivity index (χ0) is 14.0. The number of phenolic OH excluding ortho intramolecular Hbond substituents is 1. The van der Waals surface area contributed by atoms with Gasteiger partial charge in [0, 0.05) is 25.5 Å². The summed E-state index contributed by atoms with van der Waals surface area (Å²) in [5.74, 6) is -0.948. The van der Waals surface area contributed by atoms with Crippen molar-refractivity contribution in [1.29, 1.82) is 0 Å². The van der Waals surface area contributed by atoms with Crippen molar-refractivity contribution in [1.82, 2.24) is 0 Å². The molecular weight excluding hydrogens is 250 g/mol. The highest BCUT2D eigenvalue weighted by molar-refractivity contribution is 5.99. The van der Waals surface area contributed by atoms with Crippen molar-refractivity contribution in [2.24, 2.45) is 5.92 Å². The van der Waals surface area contributed by atoms with Crippen LogP contribution in [-0.4, -0.2) is 42.4 Å². The lowest BCUT2D eigenvalue weighted by Gasteiger charge is -2.18. The lowest BCUT2D eigenvalue weighted by molar-refractivity contribution is -0.117. The predicted molar refractivity (Wildman–Crippen MR) is 67.0 cm³/mol. The zero-order valence-corrected chi connectivity index (χ0v) is 10.5. The van der Waals surface area contributed by atoms with Crippen LogP contribution in [0.5, 0.6) is 5.75 Å². The van der Waals surface area contributed by atoms with Crippen molar-refractivity contribution in [2.45, 2.75) is 6.42 Å². The molecule has 1 unspecified atom stereocenters. The molecule has 0 aromatic heterocycles. The number of aromatic hydroxyl groups is 1. The molecule has 1 atom stereocenters. The topological polar surface area (TPSA) is 87.1 Å². The lowest BCUT2D eigenvalue weighted by Crippen LogP contribution is -2.25. The fourth-order valence-corrected chi connectivity index (χ4v) is 2.12. The molecule has 1 fully saturated rings. The Labute approximate surface area is 110 Å². The van der Waals surface area contributed by atoms with Crippen LogP contribution in [0.1, 0.15) is 16.8 Å². The van der Waals surface area contributed by atoms with Crippen LogP contribution in [0.25, 0.3) is 0 Å². The van der Waals surface area contributed by atoms with Gasteiger partial charge in [0.15, 0.2) is 0 Å². The summed E-state index contributed by atoms with van der Waals surface area (Å²) in [6.45, 7) is 0.243. The molecule has 0 aliphatic carbocycles. The maximum absolute atomic E-state index is 11.8. The Kier molecular flexibility index (Phi) is 3.71. The van der Waals surface area contributed by atoms with Crippen LogP contribution in [0.3, 0.4) is 0 Å². The molecular formula is C13H15NO5. The first-order chi connectivity index (χ1) is 9.06. The van der Waals surface area contributed by atoms with Crippen LogP contribution in [-0.2, 0) is 9.53 Å². The Balaban J connectivity index is 2.34. The van der Waals surface area contributed by atoms with E-state index in [4.69, 9.17) is 5.11 Å². The Hall–Kier alpha value is -2.08. The number of methoxy groups -OCH3 is 1. The minimum absolute atomic E-state index is 0.0836. The molecule has 6 nitrogen and oxygen atoms in total. The minimum atomic E-state index is -0.536. The fourth-order valence-electron chi connectivity index (χ4n) is 2.12. The van der Waals surface area contributed by atoms with Gasteiger partial charge in [-0.25, -0.2) is 4.79 Å². The number of nitrogens with zero attached hydrogens (tertiary/aromatic N) is 1. The number of aliphatic hydroxyl groups is 1.